The maximum atomic E-state index is 9.01. The van der Waals surface area contributed by atoms with Gasteiger partial charge in [0.05, 0.1) is 6.10 Å². The number of hydrogen-bond acceptors (Lipinski definition) is 2. The first kappa shape index (κ1) is 9.62. The van der Waals surface area contributed by atoms with Gasteiger partial charge in [0, 0.05) is 11.5 Å². The Hall–Kier alpha value is -0.470. The summed E-state index contributed by atoms with van der Waals surface area (Å²) in [5.74, 6) is 1.81. The van der Waals surface area contributed by atoms with Gasteiger partial charge in [0.15, 0.2) is 0 Å². The van der Waals surface area contributed by atoms with E-state index < -0.39 is 0 Å². The van der Waals surface area contributed by atoms with Gasteiger partial charge in [-0.15, -0.1) is 0 Å². The number of rotatable bonds is 4. The van der Waals surface area contributed by atoms with E-state index in [1.165, 1.54) is 5.56 Å². The van der Waals surface area contributed by atoms with Crippen molar-refractivity contribution in [3.8, 4) is 0 Å². The highest BCUT2D eigenvalue weighted by Crippen LogP contribution is 2.12. The van der Waals surface area contributed by atoms with Crippen LogP contribution in [0.5, 0.6) is 0 Å². The van der Waals surface area contributed by atoms with Crippen molar-refractivity contribution < 1.29 is 5.11 Å². The second kappa shape index (κ2) is 5.22. The summed E-state index contributed by atoms with van der Waals surface area (Å²) in [6.07, 6.45) is -0.196. The van der Waals surface area contributed by atoms with Crippen LogP contribution in [-0.2, 0) is 5.75 Å². The predicted molar refractivity (Wildman–Crippen MR) is 54.3 cm³/mol. The zero-order valence-corrected chi connectivity index (χ0v) is 8.05. The van der Waals surface area contributed by atoms with Crippen molar-refractivity contribution in [1.82, 2.24) is 0 Å². The Morgan fingerprint density at radius 2 is 2.00 bits per heavy atom. The van der Waals surface area contributed by atoms with Gasteiger partial charge < -0.3 is 5.11 Å². The molecule has 1 aromatic rings. The van der Waals surface area contributed by atoms with Crippen LogP contribution in [0.1, 0.15) is 12.5 Å². The third-order valence-electron chi connectivity index (χ3n) is 1.47. The summed E-state index contributed by atoms with van der Waals surface area (Å²) < 4.78 is 0. The van der Waals surface area contributed by atoms with E-state index in [9.17, 15) is 0 Å². The fourth-order valence-corrected chi connectivity index (χ4v) is 1.81. The van der Waals surface area contributed by atoms with E-state index in [1.807, 2.05) is 25.1 Å². The van der Waals surface area contributed by atoms with Crippen molar-refractivity contribution in [3.05, 3.63) is 35.9 Å². The molecule has 0 fully saturated rings. The van der Waals surface area contributed by atoms with Crippen LogP contribution in [0.3, 0.4) is 0 Å². The van der Waals surface area contributed by atoms with Gasteiger partial charge in [-0.3, -0.25) is 0 Å². The molecule has 0 heterocycles. The van der Waals surface area contributed by atoms with E-state index in [2.05, 4.69) is 12.1 Å². The molecule has 0 spiro atoms. The van der Waals surface area contributed by atoms with Crippen molar-refractivity contribution in [2.24, 2.45) is 0 Å². The molecule has 0 aliphatic carbocycles. The maximum absolute atomic E-state index is 9.01. The van der Waals surface area contributed by atoms with Crippen LogP contribution in [0.2, 0.25) is 0 Å². The van der Waals surface area contributed by atoms with Gasteiger partial charge in [0.1, 0.15) is 0 Å². The lowest BCUT2D eigenvalue weighted by molar-refractivity contribution is 0.220. The summed E-state index contributed by atoms with van der Waals surface area (Å²) in [5.41, 5.74) is 1.32. The van der Waals surface area contributed by atoms with Crippen molar-refractivity contribution in [2.75, 3.05) is 5.75 Å². The van der Waals surface area contributed by atoms with Gasteiger partial charge in [0.25, 0.3) is 0 Å². The molecular weight excluding hydrogens is 168 g/mol. The predicted octanol–water partition coefficient (Wildman–Crippen LogP) is 2.30. The SMILES string of the molecule is C[C@@H](O)CSCc1ccccc1. The minimum Gasteiger partial charge on any atom is -0.393 e. The van der Waals surface area contributed by atoms with Crippen LogP contribution in [0.15, 0.2) is 30.3 Å². The molecule has 0 saturated heterocycles. The lowest BCUT2D eigenvalue weighted by Gasteiger charge is -2.03. The first-order valence-electron chi connectivity index (χ1n) is 4.09. The summed E-state index contributed by atoms with van der Waals surface area (Å²) in [5, 5.41) is 9.01. The minimum atomic E-state index is -0.196. The molecule has 0 unspecified atom stereocenters. The monoisotopic (exact) mass is 182 g/mol. The molecule has 0 radical (unpaired) electrons. The van der Waals surface area contributed by atoms with E-state index in [1.54, 1.807) is 11.8 Å². The Bertz CT molecular complexity index is 208. The van der Waals surface area contributed by atoms with Gasteiger partial charge in [-0.25, -0.2) is 0 Å². The first-order chi connectivity index (χ1) is 5.79. The maximum Gasteiger partial charge on any atom is 0.0602 e. The minimum absolute atomic E-state index is 0.196. The summed E-state index contributed by atoms with van der Waals surface area (Å²) in [6.45, 7) is 1.82. The standard InChI is InChI=1S/C10H14OS/c1-9(11)7-12-8-10-5-3-2-4-6-10/h2-6,9,11H,7-8H2,1H3/t9-/m1/s1. The third-order valence-corrected chi connectivity index (χ3v) is 2.73. The van der Waals surface area contributed by atoms with Gasteiger partial charge in [0.2, 0.25) is 0 Å². The molecular formula is C10H14OS. The molecule has 0 saturated carbocycles. The summed E-state index contributed by atoms with van der Waals surface area (Å²) in [6, 6.07) is 10.3. The zero-order chi connectivity index (χ0) is 8.81. The molecule has 0 aliphatic rings. The highest BCUT2D eigenvalue weighted by atomic mass is 32.2. The molecule has 1 atom stereocenters. The fraction of sp³-hybridized carbons (Fsp3) is 0.400. The molecule has 12 heavy (non-hydrogen) atoms. The van der Waals surface area contributed by atoms with Crippen LogP contribution in [0.4, 0.5) is 0 Å². The van der Waals surface area contributed by atoms with Crippen LogP contribution < -0.4 is 0 Å². The molecule has 0 aromatic heterocycles. The number of hydrogen-bond donors (Lipinski definition) is 1. The summed E-state index contributed by atoms with van der Waals surface area (Å²) in [7, 11) is 0. The second-order valence-corrected chi connectivity index (χ2v) is 3.88. The quantitative estimate of drug-likeness (QED) is 0.771. The second-order valence-electron chi connectivity index (χ2n) is 2.85. The molecule has 0 bridgehead atoms. The average Bonchev–Trinajstić information content (AvgIpc) is 2.05. The largest absolute Gasteiger partial charge is 0.393 e. The normalized spacial score (nSPS) is 12.8. The summed E-state index contributed by atoms with van der Waals surface area (Å²) in [4.78, 5) is 0. The van der Waals surface area contributed by atoms with Gasteiger partial charge >= 0.3 is 0 Å². The van der Waals surface area contributed by atoms with Gasteiger partial charge in [-0.05, 0) is 12.5 Å². The van der Waals surface area contributed by atoms with E-state index in [-0.39, 0.29) is 6.10 Å². The smallest absolute Gasteiger partial charge is 0.0602 e. The van der Waals surface area contributed by atoms with E-state index in [0.717, 1.165) is 11.5 Å². The Labute approximate surface area is 77.8 Å². The van der Waals surface area contributed by atoms with E-state index in [0.29, 0.717) is 0 Å². The lowest BCUT2D eigenvalue weighted by atomic mass is 10.2. The van der Waals surface area contributed by atoms with Gasteiger partial charge in [-0.2, -0.15) is 11.8 Å². The topological polar surface area (TPSA) is 20.2 Å². The van der Waals surface area contributed by atoms with E-state index in [4.69, 9.17) is 5.11 Å². The zero-order valence-electron chi connectivity index (χ0n) is 7.23. The van der Waals surface area contributed by atoms with Crippen LogP contribution in [0, 0.1) is 0 Å². The molecule has 0 aliphatic heterocycles. The fourth-order valence-electron chi connectivity index (χ4n) is 0.922. The van der Waals surface area contributed by atoms with Crippen molar-refractivity contribution in [3.63, 3.8) is 0 Å². The third kappa shape index (κ3) is 3.79. The molecule has 66 valence electrons. The molecule has 1 aromatic carbocycles. The molecule has 2 heteroatoms. The molecule has 1 N–H and O–H groups in total. The average molecular weight is 182 g/mol. The Morgan fingerprint density at radius 1 is 1.33 bits per heavy atom. The lowest BCUT2D eigenvalue weighted by Crippen LogP contribution is -2.02. The van der Waals surface area contributed by atoms with Gasteiger partial charge in [-0.1, -0.05) is 30.3 Å². The van der Waals surface area contributed by atoms with E-state index >= 15 is 0 Å². The molecule has 0 amide bonds. The van der Waals surface area contributed by atoms with Crippen LogP contribution in [-0.4, -0.2) is 17.0 Å². The first-order valence-corrected chi connectivity index (χ1v) is 5.24. The highest BCUT2D eigenvalue weighted by molar-refractivity contribution is 7.98. The number of benzene rings is 1. The van der Waals surface area contributed by atoms with Crippen LogP contribution in [0.25, 0.3) is 0 Å². The summed E-state index contributed by atoms with van der Waals surface area (Å²) >= 11 is 1.76. The Balaban J connectivity index is 2.25. The number of aliphatic hydroxyl groups excluding tert-OH is 1. The Kier molecular flexibility index (Phi) is 4.19. The molecule has 1 rings (SSSR count). The van der Waals surface area contributed by atoms with Crippen LogP contribution >= 0.6 is 11.8 Å². The number of thioether (sulfide) groups is 1. The highest BCUT2D eigenvalue weighted by Gasteiger charge is 1.96. The number of aliphatic hydroxyl groups is 1. The molecule has 1 nitrogen and oxygen atoms in total. The van der Waals surface area contributed by atoms with Crippen molar-refractivity contribution in [2.45, 2.75) is 18.8 Å². The Morgan fingerprint density at radius 3 is 2.58 bits per heavy atom. The van der Waals surface area contributed by atoms with Crippen molar-refractivity contribution in [1.29, 1.82) is 0 Å². The van der Waals surface area contributed by atoms with Crippen molar-refractivity contribution >= 4 is 11.8 Å².